The summed E-state index contributed by atoms with van der Waals surface area (Å²) in [6, 6.07) is 14.5. The Bertz CT molecular complexity index is 649. The molecule has 1 aliphatic rings. The fourth-order valence-electron chi connectivity index (χ4n) is 2.03. The Morgan fingerprint density at radius 1 is 0.800 bits per heavy atom. The lowest BCUT2D eigenvalue weighted by atomic mass is 10.1. The topological polar surface area (TPSA) is 75.4 Å². The van der Waals surface area contributed by atoms with Crippen LogP contribution >= 0.6 is 0 Å². The second-order valence-corrected chi connectivity index (χ2v) is 4.55. The molecule has 5 nitrogen and oxygen atoms in total. The molecule has 1 aliphatic heterocycles. The summed E-state index contributed by atoms with van der Waals surface area (Å²) < 4.78 is 0. The predicted octanol–water partition coefficient (Wildman–Crippen LogP) is 4.28. The summed E-state index contributed by atoms with van der Waals surface area (Å²) >= 11 is 0. The highest BCUT2D eigenvalue weighted by molar-refractivity contribution is 6.21. The first-order valence-corrected chi connectivity index (χ1v) is 8.50. The molecule has 3 N–H and O–H groups in total. The fourth-order valence-corrected chi connectivity index (χ4v) is 2.03. The van der Waals surface area contributed by atoms with Crippen LogP contribution in [0, 0.1) is 0 Å². The van der Waals surface area contributed by atoms with Crippen molar-refractivity contribution in [2.45, 2.75) is 27.7 Å². The molecule has 5 heteroatoms. The van der Waals surface area contributed by atoms with Crippen LogP contribution in [-0.4, -0.2) is 30.8 Å². The molecule has 3 rings (SSSR count). The number of carbonyl (C=O) groups excluding carboxylic acids is 2. The van der Waals surface area contributed by atoms with Crippen LogP contribution < -0.4 is 11.1 Å². The van der Waals surface area contributed by atoms with E-state index >= 15 is 0 Å². The van der Waals surface area contributed by atoms with Crippen molar-refractivity contribution in [3.63, 3.8) is 0 Å². The molecule has 0 radical (unpaired) electrons. The van der Waals surface area contributed by atoms with Crippen molar-refractivity contribution >= 4 is 23.2 Å². The van der Waals surface area contributed by atoms with Crippen molar-refractivity contribution in [3.8, 4) is 0 Å². The van der Waals surface area contributed by atoms with Gasteiger partial charge < -0.3 is 11.1 Å². The average molecular weight is 343 g/mol. The first kappa shape index (κ1) is 22.2. The molecular weight excluding hydrogens is 314 g/mol. The van der Waals surface area contributed by atoms with Crippen LogP contribution in [0.1, 0.15) is 48.4 Å². The van der Waals surface area contributed by atoms with Gasteiger partial charge in [-0.05, 0) is 24.3 Å². The van der Waals surface area contributed by atoms with Gasteiger partial charge in [0.2, 0.25) is 0 Å². The number of hydrogen-bond donors (Lipinski definition) is 2. The number of para-hydroxylation sites is 2. The number of nitrogens with zero attached hydrogens (tertiary/aromatic N) is 1. The van der Waals surface area contributed by atoms with Gasteiger partial charge in [0.15, 0.2) is 0 Å². The summed E-state index contributed by atoms with van der Waals surface area (Å²) in [6.07, 6.45) is 0. The molecule has 2 amide bonds. The molecule has 2 aromatic carbocycles. The van der Waals surface area contributed by atoms with Crippen LogP contribution in [0.3, 0.4) is 0 Å². The minimum atomic E-state index is -0.212. The molecular formula is C20H29N3O2. The zero-order valence-corrected chi connectivity index (χ0v) is 16.0. The number of amides is 2. The zero-order chi connectivity index (χ0) is 19.4. The number of benzene rings is 2. The predicted molar refractivity (Wildman–Crippen MR) is 106 cm³/mol. The zero-order valence-electron chi connectivity index (χ0n) is 16.0. The Morgan fingerprint density at radius 3 is 1.56 bits per heavy atom. The van der Waals surface area contributed by atoms with E-state index in [4.69, 9.17) is 5.73 Å². The van der Waals surface area contributed by atoms with E-state index in [2.05, 4.69) is 5.32 Å². The number of nitrogens with two attached hydrogens (primary N) is 1. The smallest absolute Gasteiger partial charge is 0.261 e. The van der Waals surface area contributed by atoms with E-state index in [0.717, 1.165) is 16.3 Å². The molecule has 0 spiro atoms. The van der Waals surface area contributed by atoms with Crippen molar-refractivity contribution < 1.29 is 9.59 Å². The molecule has 0 saturated heterocycles. The van der Waals surface area contributed by atoms with Crippen LogP contribution in [0.4, 0.5) is 11.4 Å². The highest BCUT2D eigenvalue weighted by atomic mass is 16.2. The molecule has 0 aliphatic carbocycles. The maximum Gasteiger partial charge on any atom is 0.261 e. The Labute approximate surface area is 150 Å². The van der Waals surface area contributed by atoms with Gasteiger partial charge in [0.25, 0.3) is 11.8 Å². The highest BCUT2D eigenvalue weighted by Crippen LogP contribution is 2.20. The SMILES string of the molecule is CC.CC.CN1C(=O)c2ccccc2C1=O.CNc1ccccc1N. The van der Waals surface area contributed by atoms with Crippen molar-refractivity contribution in [1.29, 1.82) is 0 Å². The molecule has 0 unspecified atom stereocenters. The first-order chi connectivity index (χ1) is 12.1. The van der Waals surface area contributed by atoms with Gasteiger partial charge in [0, 0.05) is 14.1 Å². The second kappa shape index (κ2) is 11.7. The Kier molecular flexibility index (Phi) is 10.4. The summed E-state index contributed by atoms with van der Waals surface area (Å²) in [5.74, 6) is -0.425. The lowest BCUT2D eigenvalue weighted by molar-refractivity contribution is 0.0693. The van der Waals surface area contributed by atoms with Crippen molar-refractivity contribution in [2.24, 2.45) is 0 Å². The number of nitrogens with one attached hydrogen (secondary N) is 1. The van der Waals surface area contributed by atoms with Crippen LogP contribution in [0.25, 0.3) is 0 Å². The summed E-state index contributed by atoms with van der Waals surface area (Å²) in [5, 5.41) is 2.97. The van der Waals surface area contributed by atoms with E-state index in [0.29, 0.717) is 11.1 Å². The van der Waals surface area contributed by atoms with Crippen LogP contribution in [0.2, 0.25) is 0 Å². The third-order valence-electron chi connectivity index (χ3n) is 3.23. The molecule has 0 atom stereocenters. The molecule has 0 bridgehead atoms. The fraction of sp³-hybridized carbons (Fsp3) is 0.300. The summed E-state index contributed by atoms with van der Waals surface area (Å²) in [6.45, 7) is 8.00. The van der Waals surface area contributed by atoms with Gasteiger partial charge in [-0.3, -0.25) is 14.5 Å². The summed E-state index contributed by atoms with van der Waals surface area (Å²) in [5.41, 5.74) is 8.35. The molecule has 0 saturated carbocycles. The number of carbonyl (C=O) groups is 2. The second-order valence-electron chi connectivity index (χ2n) is 4.55. The Morgan fingerprint density at radius 2 is 1.20 bits per heavy atom. The molecule has 0 aromatic heterocycles. The Hall–Kier alpha value is -2.82. The van der Waals surface area contributed by atoms with Crippen molar-refractivity contribution in [2.75, 3.05) is 25.1 Å². The number of anilines is 2. The van der Waals surface area contributed by atoms with E-state index in [-0.39, 0.29) is 11.8 Å². The quantitative estimate of drug-likeness (QED) is 0.599. The number of imide groups is 1. The van der Waals surface area contributed by atoms with Crippen LogP contribution in [-0.2, 0) is 0 Å². The van der Waals surface area contributed by atoms with Crippen molar-refractivity contribution in [3.05, 3.63) is 59.7 Å². The standard InChI is InChI=1S/C9H7NO2.C7H10N2.2C2H6/c1-10-8(11)6-4-2-3-5-7(6)9(10)12;1-9-7-5-3-2-4-6(7)8;2*1-2/h2-5H,1H3;2-5,9H,8H2,1H3;2*1-2H3. The van der Waals surface area contributed by atoms with Crippen molar-refractivity contribution in [1.82, 2.24) is 4.90 Å². The summed E-state index contributed by atoms with van der Waals surface area (Å²) in [7, 11) is 3.34. The van der Waals surface area contributed by atoms with E-state index < -0.39 is 0 Å². The monoisotopic (exact) mass is 343 g/mol. The third kappa shape index (κ3) is 5.64. The van der Waals surface area contributed by atoms with E-state index in [9.17, 15) is 9.59 Å². The lowest BCUT2D eigenvalue weighted by Crippen LogP contribution is -2.24. The van der Waals surface area contributed by atoms with Crippen LogP contribution in [0.5, 0.6) is 0 Å². The summed E-state index contributed by atoms with van der Waals surface area (Å²) in [4.78, 5) is 23.8. The molecule has 136 valence electrons. The first-order valence-electron chi connectivity index (χ1n) is 8.50. The van der Waals surface area contributed by atoms with Gasteiger partial charge in [0.05, 0.1) is 22.5 Å². The van der Waals surface area contributed by atoms with E-state index in [1.165, 1.54) is 7.05 Å². The van der Waals surface area contributed by atoms with E-state index in [1.54, 1.807) is 24.3 Å². The van der Waals surface area contributed by atoms with Gasteiger partial charge in [0.1, 0.15) is 0 Å². The number of nitrogen functional groups attached to an aromatic ring is 1. The molecule has 1 heterocycles. The van der Waals surface area contributed by atoms with Crippen LogP contribution in [0.15, 0.2) is 48.5 Å². The largest absolute Gasteiger partial charge is 0.397 e. The number of rotatable bonds is 1. The van der Waals surface area contributed by atoms with E-state index in [1.807, 2.05) is 59.0 Å². The molecule has 25 heavy (non-hydrogen) atoms. The van der Waals surface area contributed by atoms with Gasteiger partial charge in [-0.15, -0.1) is 0 Å². The Balaban J connectivity index is 0.000000396. The minimum Gasteiger partial charge on any atom is -0.397 e. The maximum absolute atomic E-state index is 11.3. The van der Waals surface area contributed by atoms with Gasteiger partial charge >= 0.3 is 0 Å². The minimum absolute atomic E-state index is 0.212. The highest BCUT2D eigenvalue weighted by Gasteiger charge is 2.31. The van der Waals surface area contributed by atoms with Gasteiger partial charge in [-0.2, -0.15) is 0 Å². The number of hydrogen-bond acceptors (Lipinski definition) is 4. The van der Waals surface area contributed by atoms with Gasteiger partial charge in [-0.1, -0.05) is 52.0 Å². The number of fused-ring (bicyclic) bond motifs is 1. The van der Waals surface area contributed by atoms with Gasteiger partial charge in [-0.25, -0.2) is 0 Å². The normalized spacial score (nSPS) is 11.0. The third-order valence-corrected chi connectivity index (χ3v) is 3.23. The average Bonchev–Trinajstić information content (AvgIpc) is 2.91. The maximum atomic E-state index is 11.3. The lowest BCUT2D eigenvalue weighted by Gasteiger charge is -2.02. The molecule has 2 aromatic rings. The molecule has 0 fully saturated rings.